The van der Waals surface area contributed by atoms with E-state index in [1.165, 1.54) is 19.3 Å². The first-order chi connectivity index (χ1) is 15.4. The molecular formula is C23H23N3O6. The number of Topliss-reactive ketones (excluding diaryl/α,β-unsaturated/α-hetero) is 1. The van der Waals surface area contributed by atoms with Crippen molar-refractivity contribution in [3.8, 4) is 0 Å². The number of nitrogens with one attached hydrogen (secondary N) is 1. The van der Waals surface area contributed by atoms with Gasteiger partial charge in [-0.25, -0.2) is 4.79 Å². The van der Waals surface area contributed by atoms with Gasteiger partial charge in [0.1, 0.15) is 6.10 Å². The second-order valence-corrected chi connectivity index (χ2v) is 8.65. The molecule has 1 aliphatic carbocycles. The molecule has 1 N–H and O–H groups in total. The Hall–Kier alpha value is -3.62. The van der Waals surface area contributed by atoms with Crippen LogP contribution in [0.25, 0.3) is 0 Å². The van der Waals surface area contributed by atoms with E-state index in [4.69, 9.17) is 9.15 Å². The highest BCUT2D eigenvalue weighted by atomic mass is 16.6. The van der Waals surface area contributed by atoms with E-state index in [1.807, 2.05) is 24.3 Å². The van der Waals surface area contributed by atoms with E-state index in [-0.39, 0.29) is 23.6 Å². The van der Waals surface area contributed by atoms with Crippen LogP contribution in [0.3, 0.4) is 0 Å². The number of hydrogen-bond donors (Lipinski definition) is 1. The van der Waals surface area contributed by atoms with Crippen molar-refractivity contribution < 1.29 is 28.3 Å². The van der Waals surface area contributed by atoms with Crippen LogP contribution in [0.15, 0.2) is 47.1 Å². The number of hydrogen-bond acceptors (Lipinski definition) is 6. The number of ether oxygens (including phenoxy) is 1. The predicted octanol–water partition coefficient (Wildman–Crippen LogP) is 1.72. The number of likely N-dealkylation sites (tertiary alicyclic amines) is 1. The summed E-state index contributed by atoms with van der Waals surface area (Å²) in [5.41, 5.74) is 1.67. The standard InChI is InChI=1S/C23H23N3O6/c1-14(27)24-10-18-12-26(22(30)32-18)17-6-4-15(5-7-17)23-9-16(23)11-25(13-23)21(29)20(28)19-3-2-8-31-19/h2-8,16,18H,9-13H2,1H3,(H,24,27)/t16?,18-,23?/m0/s1. The number of benzene rings is 1. The maximum atomic E-state index is 12.6. The maximum absolute atomic E-state index is 12.6. The average Bonchev–Trinajstić information content (AvgIpc) is 3.22. The number of ketones is 1. The van der Waals surface area contributed by atoms with Gasteiger partial charge in [-0.15, -0.1) is 0 Å². The normalized spacial score (nSPS) is 26.0. The summed E-state index contributed by atoms with van der Waals surface area (Å²) < 4.78 is 10.4. The summed E-state index contributed by atoms with van der Waals surface area (Å²) in [6.45, 7) is 3.11. The minimum absolute atomic E-state index is 0.0586. The third kappa shape index (κ3) is 3.43. The van der Waals surface area contributed by atoms with E-state index in [0.29, 0.717) is 25.6 Å². The van der Waals surface area contributed by atoms with Crippen molar-refractivity contribution in [3.05, 3.63) is 54.0 Å². The fraction of sp³-hybridized carbons (Fsp3) is 0.391. The first kappa shape index (κ1) is 20.3. The van der Waals surface area contributed by atoms with Gasteiger partial charge in [0, 0.05) is 31.1 Å². The van der Waals surface area contributed by atoms with Gasteiger partial charge in [-0.2, -0.15) is 0 Å². The van der Waals surface area contributed by atoms with E-state index in [9.17, 15) is 19.2 Å². The Morgan fingerprint density at radius 2 is 1.94 bits per heavy atom. The van der Waals surface area contributed by atoms with E-state index in [2.05, 4.69) is 5.32 Å². The zero-order valence-electron chi connectivity index (χ0n) is 17.6. The zero-order chi connectivity index (χ0) is 22.5. The SMILES string of the molecule is CC(=O)NC[C@H]1CN(c2ccc(C34CC3CN(C(=O)C(=O)c3ccco3)C4)cc2)C(=O)O1. The Morgan fingerprint density at radius 1 is 1.16 bits per heavy atom. The predicted molar refractivity (Wildman–Crippen MR) is 112 cm³/mol. The molecule has 2 aliphatic heterocycles. The fourth-order valence-corrected chi connectivity index (χ4v) is 4.81. The van der Waals surface area contributed by atoms with Gasteiger partial charge in [0.25, 0.3) is 11.7 Å². The third-order valence-corrected chi connectivity index (χ3v) is 6.58. The summed E-state index contributed by atoms with van der Waals surface area (Å²) in [5.74, 6) is -0.947. The number of amides is 3. The molecule has 2 saturated heterocycles. The van der Waals surface area contributed by atoms with Crippen LogP contribution in [0, 0.1) is 5.92 Å². The summed E-state index contributed by atoms with van der Waals surface area (Å²) in [5, 5.41) is 2.66. The molecular weight excluding hydrogens is 414 g/mol. The van der Waals surface area contributed by atoms with Crippen molar-refractivity contribution in [1.29, 1.82) is 0 Å². The van der Waals surface area contributed by atoms with Crippen LogP contribution in [0.1, 0.15) is 29.5 Å². The molecule has 3 atom stereocenters. The molecule has 0 radical (unpaired) electrons. The molecule has 1 aromatic carbocycles. The molecule has 1 saturated carbocycles. The Balaban J connectivity index is 1.24. The van der Waals surface area contributed by atoms with Gasteiger partial charge in [-0.05, 0) is 42.2 Å². The lowest BCUT2D eigenvalue weighted by Crippen LogP contribution is -2.37. The van der Waals surface area contributed by atoms with Crippen LogP contribution in [0.5, 0.6) is 0 Å². The molecule has 9 nitrogen and oxygen atoms in total. The number of furan rings is 1. The summed E-state index contributed by atoms with van der Waals surface area (Å²) in [7, 11) is 0. The van der Waals surface area contributed by atoms with E-state index < -0.39 is 23.9 Å². The number of cyclic esters (lactones) is 1. The Bertz CT molecular complexity index is 1080. The molecule has 2 aromatic rings. The molecule has 0 bridgehead atoms. The van der Waals surface area contributed by atoms with Crippen LogP contribution in [-0.2, 0) is 19.7 Å². The topological polar surface area (TPSA) is 109 Å². The summed E-state index contributed by atoms with van der Waals surface area (Å²) in [6, 6.07) is 10.8. The van der Waals surface area contributed by atoms with Crippen LogP contribution in [-0.4, -0.2) is 60.9 Å². The number of rotatable bonds is 6. The summed E-state index contributed by atoms with van der Waals surface area (Å²) in [6.07, 6.45) is 1.52. The lowest BCUT2D eigenvalue weighted by atomic mass is 9.94. The molecule has 0 spiro atoms. The number of nitrogens with zero attached hydrogens (tertiary/aromatic N) is 2. The van der Waals surface area contributed by atoms with Gasteiger partial charge >= 0.3 is 6.09 Å². The third-order valence-electron chi connectivity index (χ3n) is 6.58. The molecule has 3 amide bonds. The maximum Gasteiger partial charge on any atom is 0.414 e. The lowest BCUT2D eigenvalue weighted by molar-refractivity contribution is -0.126. The molecule has 166 valence electrons. The quantitative estimate of drug-likeness (QED) is 0.545. The van der Waals surface area contributed by atoms with Crippen molar-refractivity contribution in [1.82, 2.24) is 10.2 Å². The van der Waals surface area contributed by atoms with Gasteiger partial charge in [0.2, 0.25) is 5.91 Å². The van der Waals surface area contributed by atoms with Crippen molar-refractivity contribution in [2.24, 2.45) is 5.92 Å². The van der Waals surface area contributed by atoms with Gasteiger partial charge in [-0.1, -0.05) is 12.1 Å². The first-order valence-electron chi connectivity index (χ1n) is 10.6. The molecule has 3 aliphatic rings. The molecule has 1 aromatic heterocycles. The smallest absolute Gasteiger partial charge is 0.414 e. The second kappa shape index (κ2) is 7.51. The molecule has 3 heterocycles. The van der Waals surface area contributed by atoms with Crippen LogP contribution >= 0.6 is 0 Å². The van der Waals surface area contributed by atoms with E-state index in [0.717, 1.165) is 17.7 Å². The largest absolute Gasteiger partial charge is 0.461 e. The van der Waals surface area contributed by atoms with Gasteiger partial charge in [0.15, 0.2) is 5.76 Å². The summed E-state index contributed by atoms with van der Waals surface area (Å²) in [4.78, 5) is 51.4. The van der Waals surface area contributed by atoms with Gasteiger partial charge in [0.05, 0.1) is 19.4 Å². The molecule has 3 fully saturated rings. The minimum Gasteiger partial charge on any atom is -0.461 e. The van der Waals surface area contributed by atoms with Crippen molar-refractivity contribution in [3.63, 3.8) is 0 Å². The number of carbonyl (C=O) groups is 4. The molecule has 32 heavy (non-hydrogen) atoms. The molecule has 9 heteroatoms. The Kier molecular flexibility index (Phi) is 4.76. The number of carbonyl (C=O) groups excluding carboxylic acids is 4. The minimum atomic E-state index is -0.622. The lowest BCUT2D eigenvalue weighted by Gasteiger charge is -2.21. The highest BCUT2D eigenvalue weighted by Crippen LogP contribution is 2.59. The van der Waals surface area contributed by atoms with Crippen molar-refractivity contribution in [2.45, 2.75) is 24.9 Å². The Morgan fingerprint density at radius 3 is 2.62 bits per heavy atom. The van der Waals surface area contributed by atoms with E-state index in [1.54, 1.807) is 15.9 Å². The van der Waals surface area contributed by atoms with Crippen LogP contribution < -0.4 is 10.2 Å². The van der Waals surface area contributed by atoms with Crippen LogP contribution in [0.4, 0.5) is 10.5 Å². The number of anilines is 1. The van der Waals surface area contributed by atoms with Gasteiger partial charge in [-0.3, -0.25) is 19.3 Å². The zero-order valence-corrected chi connectivity index (χ0v) is 17.6. The fourth-order valence-electron chi connectivity index (χ4n) is 4.81. The highest BCUT2D eigenvalue weighted by molar-refractivity contribution is 6.42. The van der Waals surface area contributed by atoms with Crippen LogP contribution in [0.2, 0.25) is 0 Å². The average molecular weight is 437 g/mol. The molecule has 2 unspecified atom stereocenters. The second-order valence-electron chi connectivity index (χ2n) is 8.65. The highest BCUT2D eigenvalue weighted by Gasteiger charge is 2.62. The van der Waals surface area contributed by atoms with Gasteiger partial charge < -0.3 is 19.4 Å². The number of fused-ring (bicyclic) bond motifs is 1. The number of piperidine rings is 1. The first-order valence-corrected chi connectivity index (χ1v) is 10.6. The van der Waals surface area contributed by atoms with Crippen molar-refractivity contribution >= 4 is 29.4 Å². The van der Waals surface area contributed by atoms with E-state index >= 15 is 0 Å². The van der Waals surface area contributed by atoms with Crippen molar-refractivity contribution in [2.75, 3.05) is 31.1 Å². The Labute approximate surface area is 184 Å². The molecule has 5 rings (SSSR count). The summed E-state index contributed by atoms with van der Waals surface area (Å²) >= 11 is 0. The monoisotopic (exact) mass is 437 g/mol.